The molecule has 0 aliphatic heterocycles. The highest BCUT2D eigenvalue weighted by molar-refractivity contribution is 5.80. The van der Waals surface area contributed by atoms with E-state index in [2.05, 4.69) is 19.2 Å². The molecule has 0 aromatic heterocycles. The van der Waals surface area contributed by atoms with Crippen molar-refractivity contribution >= 4 is 11.7 Å². The first kappa shape index (κ1) is 19.1. The highest BCUT2D eigenvalue weighted by atomic mass is 16.1. The highest BCUT2D eigenvalue weighted by Gasteiger charge is 2.06. The summed E-state index contributed by atoms with van der Waals surface area (Å²) >= 11 is 0. The summed E-state index contributed by atoms with van der Waals surface area (Å²) in [7, 11) is 0. The molecule has 0 unspecified atom stereocenters. The zero-order chi connectivity index (χ0) is 15.4. The van der Waals surface area contributed by atoms with Crippen LogP contribution in [0.5, 0.6) is 0 Å². The Labute approximate surface area is 126 Å². The summed E-state index contributed by atoms with van der Waals surface area (Å²) in [5.74, 6) is 1.26. The van der Waals surface area contributed by atoms with Gasteiger partial charge in [-0.1, -0.05) is 53.4 Å². The Kier molecular flexibility index (Phi) is 11.4. The summed E-state index contributed by atoms with van der Waals surface area (Å²) in [6.07, 6.45) is 7.99. The van der Waals surface area contributed by atoms with Crippen LogP contribution >= 0.6 is 0 Å². The summed E-state index contributed by atoms with van der Waals surface area (Å²) < 4.78 is 0. The number of ketones is 1. The Morgan fingerprint density at radius 2 is 1.35 bits per heavy atom. The Bertz CT molecular complexity index is 278. The minimum atomic E-state index is 0. The smallest absolute Gasteiger partial charge is 0.220 e. The number of Topliss-reactive ketones (excluding diaryl/α,β-unsaturated/α-hetero) is 1. The van der Waals surface area contributed by atoms with Gasteiger partial charge in [-0.05, 0) is 18.8 Å². The van der Waals surface area contributed by atoms with Gasteiger partial charge >= 0.3 is 0 Å². The van der Waals surface area contributed by atoms with Crippen molar-refractivity contribution in [3.63, 3.8) is 0 Å². The van der Waals surface area contributed by atoms with Crippen LogP contribution in [0.2, 0.25) is 0 Å². The van der Waals surface area contributed by atoms with E-state index in [9.17, 15) is 9.59 Å². The molecule has 3 nitrogen and oxygen atoms in total. The van der Waals surface area contributed by atoms with Gasteiger partial charge in [-0.15, -0.1) is 0 Å². The van der Waals surface area contributed by atoms with Crippen LogP contribution in [0.25, 0.3) is 0 Å². The summed E-state index contributed by atoms with van der Waals surface area (Å²) in [6.45, 7) is 8.91. The van der Waals surface area contributed by atoms with E-state index in [1.165, 1.54) is 12.8 Å². The lowest BCUT2D eigenvalue weighted by atomic mass is 10.0. The Balaban J connectivity index is 0. The predicted molar refractivity (Wildman–Crippen MR) is 86.7 cm³/mol. The van der Waals surface area contributed by atoms with Crippen LogP contribution in [0, 0.1) is 11.8 Å². The fraction of sp³-hybridized carbons (Fsp3) is 0.882. The fourth-order valence-electron chi connectivity index (χ4n) is 1.99. The quantitative estimate of drug-likeness (QED) is 0.542. The van der Waals surface area contributed by atoms with E-state index < -0.39 is 0 Å². The Morgan fingerprint density at radius 1 is 0.850 bits per heavy atom. The molecule has 0 aliphatic carbocycles. The largest absolute Gasteiger partial charge is 0.356 e. The molecule has 0 aromatic carbocycles. The van der Waals surface area contributed by atoms with E-state index in [1.807, 2.05) is 13.8 Å². The van der Waals surface area contributed by atoms with Gasteiger partial charge in [0, 0.05) is 26.7 Å². The standard InChI is InChI=1S/C17H33NO2.H2/c1-14(2)13-18-17(20)12-10-8-6-5-7-9-11-16(19)15(3)4;/h14-15H,5-13H2,1-4H3,(H,18,20);1H. The molecule has 0 saturated heterocycles. The number of hydrogen-bond acceptors (Lipinski definition) is 2. The second-order valence-electron chi connectivity index (χ2n) is 6.44. The molecule has 0 spiro atoms. The van der Waals surface area contributed by atoms with Gasteiger partial charge < -0.3 is 5.32 Å². The van der Waals surface area contributed by atoms with Crippen LogP contribution in [-0.2, 0) is 9.59 Å². The zero-order valence-electron chi connectivity index (χ0n) is 13.8. The van der Waals surface area contributed by atoms with Crippen LogP contribution in [0.4, 0.5) is 0 Å². The summed E-state index contributed by atoms with van der Waals surface area (Å²) in [4.78, 5) is 22.9. The third-order valence-corrected chi connectivity index (χ3v) is 3.43. The lowest BCUT2D eigenvalue weighted by molar-refractivity contribution is -0.122. The molecule has 0 radical (unpaired) electrons. The third-order valence-electron chi connectivity index (χ3n) is 3.43. The number of amides is 1. The molecule has 3 heteroatoms. The molecule has 20 heavy (non-hydrogen) atoms. The van der Waals surface area contributed by atoms with Crippen molar-refractivity contribution in [3.05, 3.63) is 0 Å². The number of hydrogen-bond donors (Lipinski definition) is 1. The van der Waals surface area contributed by atoms with Crippen molar-refractivity contribution in [2.24, 2.45) is 11.8 Å². The first-order valence-electron chi connectivity index (χ1n) is 8.23. The van der Waals surface area contributed by atoms with Crippen LogP contribution in [0.1, 0.15) is 80.5 Å². The molecule has 0 fully saturated rings. The lowest BCUT2D eigenvalue weighted by Gasteiger charge is -2.07. The van der Waals surface area contributed by atoms with Crippen molar-refractivity contribution < 1.29 is 11.0 Å². The van der Waals surface area contributed by atoms with Crippen molar-refractivity contribution in [3.8, 4) is 0 Å². The van der Waals surface area contributed by atoms with Crippen molar-refractivity contribution in [2.75, 3.05) is 6.54 Å². The van der Waals surface area contributed by atoms with Gasteiger partial charge in [0.05, 0.1) is 0 Å². The van der Waals surface area contributed by atoms with Crippen molar-refractivity contribution in [1.82, 2.24) is 5.32 Å². The second-order valence-corrected chi connectivity index (χ2v) is 6.44. The van der Waals surface area contributed by atoms with Gasteiger partial charge in [-0.3, -0.25) is 9.59 Å². The molecular formula is C17H35NO2. The zero-order valence-corrected chi connectivity index (χ0v) is 13.8. The monoisotopic (exact) mass is 285 g/mol. The van der Waals surface area contributed by atoms with Crippen LogP contribution in [0.15, 0.2) is 0 Å². The molecule has 0 rings (SSSR count). The van der Waals surface area contributed by atoms with E-state index in [-0.39, 0.29) is 13.3 Å². The first-order chi connectivity index (χ1) is 9.43. The number of unbranched alkanes of at least 4 members (excludes halogenated alkanes) is 5. The van der Waals surface area contributed by atoms with Crippen LogP contribution in [-0.4, -0.2) is 18.2 Å². The lowest BCUT2D eigenvalue weighted by Crippen LogP contribution is -2.26. The molecule has 0 saturated carbocycles. The summed E-state index contributed by atoms with van der Waals surface area (Å²) in [6, 6.07) is 0. The van der Waals surface area contributed by atoms with E-state index >= 15 is 0 Å². The highest BCUT2D eigenvalue weighted by Crippen LogP contribution is 2.10. The van der Waals surface area contributed by atoms with E-state index in [0.29, 0.717) is 18.1 Å². The number of nitrogens with one attached hydrogen (secondary N) is 1. The maximum absolute atomic E-state index is 11.5. The van der Waals surface area contributed by atoms with E-state index in [0.717, 1.165) is 38.6 Å². The minimum Gasteiger partial charge on any atom is -0.356 e. The SMILES string of the molecule is CC(C)CNC(=O)CCCCCCCCC(=O)C(C)C.[HH]. The summed E-state index contributed by atoms with van der Waals surface area (Å²) in [5, 5.41) is 2.94. The van der Waals surface area contributed by atoms with Gasteiger partial charge in [0.25, 0.3) is 0 Å². The van der Waals surface area contributed by atoms with Gasteiger partial charge in [0.2, 0.25) is 5.91 Å². The van der Waals surface area contributed by atoms with Gasteiger partial charge in [0.15, 0.2) is 0 Å². The molecule has 120 valence electrons. The maximum atomic E-state index is 11.5. The average molecular weight is 285 g/mol. The Hall–Kier alpha value is -0.860. The maximum Gasteiger partial charge on any atom is 0.220 e. The van der Waals surface area contributed by atoms with Crippen molar-refractivity contribution in [1.29, 1.82) is 0 Å². The van der Waals surface area contributed by atoms with Crippen molar-refractivity contribution in [2.45, 2.75) is 79.1 Å². The number of carbonyl (C=O) groups excluding carboxylic acids is 2. The minimum absolute atomic E-state index is 0. The molecule has 1 amide bonds. The second kappa shape index (κ2) is 11.9. The number of carbonyl (C=O) groups is 2. The van der Waals surface area contributed by atoms with E-state index in [1.54, 1.807) is 0 Å². The van der Waals surface area contributed by atoms with Gasteiger partial charge in [-0.25, -0.2) is 0 Å². The molecule has 0 aromatic rings. The molecule has 0 heterocycles. The van der Waals surface area contributed by atoms with Gasteiger partial charge in [0.1, 0.15) is 5.78 Å². The topological polar surface area (TPSA) is 46.2 Å². The molecular weight excluding hydrogens is 250 g/mol. The normalized spacial score (nSPS) is 11.1. The van der Waals surface area contributed by atoms with E-state index in [4.69, 9.17) is 0 Å². The van der Waals surface area contributed by atoms with Crippen LogP contribution in [0.3, 0.4) is 0 Å². The third kappa shape index (κ3) is 12.2. The average Bonchev–Trinajstić information content (AvgIpc) is 2.38. The fourth-order valence-corrected chi connectivity index (χ4v) is 1.99. The summed E-state index contributed by atoms with van der Waals surface area (Å²) in [5.41, 5.74) is 0. The first-order valence-corrected chi connectivity index (χ1v) is 8.23. The van der Waals surface area contributed by atoms with Crippen LogP contribution < -0.4 is 5.32 Å². The Morgan fingerprint density at radius 3 is 1.85 bits per heavy atom. The molecule has 0 bridgehead atoms. The molecule has 0 aliphatic rings. The molecule has 0 atom stereocenters. The van der Waals surface area contributed by atoms with Gasteiger partial charge in [-0.2, -0.15) is 0 Å². The molecule has 1 N–H and O–H groups in total. The number of rotatable bonds is 12. The predicted octanol–water partition coefficient (Wildman–Crippen LogP) is 4.35.